The van der Waals surface area contributed by atoms with Gasteiger partial charge in [0, 0.05) is 17.7 Å². The van der Waals surface area contributed by atoms with E-state index in [1.165, 1.54) is 18.5 Å². The highest BCUT2D eigenvalue weighted by Gasteiger charge is 2.11. The van der Waals surface area contributed by atoms with E-state index in [1.54, 1.807) is 6.07 Å². The van der Waals surface area contributed by atoms with Crippen molar-refractivity contribution in [1.82, 2.24) is 15.2 Å². The van der Waals surface area contributed by atoms with E-state index in [1.807, 2.05) is 36.4 Å². The molecule has 27 heavy (non-hydrogen) atoms. The van der Waals surface area contributed by atoms with Crippen molar-refractivity contribution in [2.45, 2.75) is 13.2 Å². The van der Waals surface area contributed by atoms with Gasteiger partial charge in [-0.25, -0.2) is 14.5 Å². The lowest BCUT2D eigenvalue weighted by Gasteiger charge is -2.15. The summed E-state index contributed by atoms with van der Waals surface area (Å²) < 4.78 is 19.3. The highest BCUT2D eigenvalue weighted by atomic mass is 35.5. The fraction of sp³-hybridized carbons (Fsp3) is 0.100. The molecule has 0 aliphatic carbocycles. The number of nitrogens with zero attached hydrogens (tertiary/aromatic N) is 2. The molecular formula is C20H16ClFN4O. The molecule has 4 rings (SSSR count). The molecule has 1 heterocycles. The van der Waals surface area contributed by atoms with Crippen LogP contribution in [0.5, 0.6) is 5.75 Å². The first-order valence-corrected chi connectivity index (χ1v) is 8.75. The van der Waals surface area contributed by atoms with Gasteiger partial charge in [-0.2, -0.15) is 5.10 Å². The minimum absolute atomic E-state index is 0.243. The molecule has 0 radical (unpaired) electrons. The van der Waals surface area contributed by atoms with Gasteiger partial charge in [-0.15, -0.1) is 0 Å². The van der Waals surface area contributed by atoms with Crippen LogP contribution < -0.4 is 10.1 Å². The van der Waals surface area contributed by atoms with Gasteiger partial charge in [-0.1, -0.05) is 48.0 Å². The molecule has 0 saturated heterocycles. The number of aromatic nitrogens is 3. The van der Waals surface area contributed by atoms with Crippen LogP contribution in [0.25, 0.3) is 10.8 Å². The molecule has 0 saturated carbocycles. The lowest BCUT2D eigenvalue weighted by atomic mass is 10.0. The number of fused-ring (bicyclic) bond motifs is 1. The molecule has 0 amide bonds. The molecule has 2 N–H and O–H groups in total. The van der Waals surface area contributed by atoms with E-state index >= 15 is 0 Å². The minimum Gasteiger partial charge on any atom is -0.488 e. The Kier molecular flexibility index (Phi) is 4.89. The van der Waals surface area contributed by atoms with Crippen LogP contribution in [-0.2, 0) is 13.2 Å². The van der Waals surface area contributed by atoms with E-state index in [9.17, 15) is 4.39 Å². The summed E-state index contributed by atoms with van der Waals surface area (Å²) in [5, 5.41) is 12.4. The number of nitrogens with one attached hydrogen (secondary N) is 2. The maximum atomic E-state index is 13.2. The summed E-state index contributed by atoms with van der Waals surface area (Å²) in [6, 6.07) is 16.3. The second-order valence-electron chi connectivity index (χ2n) is 5.98. The zero-order chi connectivity index (χ0) is 18.6. The normalized spacial score (nSPS) is 10.9. The molecule has 0 aliphatic heterocycles. The van der Waals surface area contributed by atoms with E-state index in [-0.39, 0.29) is 12.4 Å². The summed E-state index contributed by atoms with van der Waals surface area (Å²) in [7, 11) is 0. The Bertz CT molecular complexity index is 1070. The molecule has 4 aromatic rings. The lowest BCUT2D eigenvalue weighted by Crippen LogP contribution is -2.06. The largest absolute Gasteiger partial charge is 0.488 e. The van der Waals surface area contributed by atoms with Gasteiger partial charge >= 0.3 is 0 Å². The second kappa shape index (κ2) is 7.63. The third kappa shape index (κ3) is 3.85. The van der Waals surface area contributed by atoms with Gasteiger partial charge in [0.2, 0.25) is 5.95 Å². The summed E-state index contributed by atoms with van der Waals surface area (Å²) in [5.74, 6) is 0.933. The highest BCUT2D eigenvalue weighted by Crippen LogP contribution is 2.30. The lowest BCUT2D eigenvalue weighted by molar-refractivity contribution is 0.304. The first-order chi connectivity index (χ1) is 13.2. The van der Waals surface area contributed by atoms with Gasteiger partial charge in [0.25, 0.3) is 0 Å². The van der Waals surface area contributed by atoms with Crippen LogP contribution in [0, 0.1) is 5.82 Å². The number of benzene rings is 3. The number of hydrogen-bond acceptors (Lipinski definition) is 4. The maximum absolute atomic E-state index is 13.2. The molecular weight excluding hydrogens is 367 g/mol. The minimum atomic E-state index is -0.369. The molecule has 5 nitrogen and oxygen atoms in total. The Morgan fingerprint density at radius 1 is 1.11 bits per heavy atom. The van der Waals surface area contributed by atoms with Gasteiger partial charge in [-0.3, -0.25) is 0 Å². The van der Waals surface area contributed by atoms with Crippen molar-refractivity contribution in [3.8, 4) is 5.75 Å². The van der Waals surface area contributed by atoms with Crippen LogP contribution >= 0.6 is 11.6 Å². The van der Waals surface area contributed by atoms with Crippen molar-refractivity contribution in [2.24, 2.45) is 0 Å². The first-order valence-electron chi connectivity index (χ1n) is 8.37. The Hall–Kier alpha value is -3.12. The van der Waals surface area contributed by atoms with Gasteiger partial charge < -0.3 is 10.1 Å². The standard InChI is InChI=1S/C20H16ClFN4O/c21-18-9-15(22)7-5-14(18)11-27-19-8-6-13-3-1-2-4-16(13)17(19)10-23-20-24-12-25-26-20/h1-9,12H,10-11H2,(H2,23,24,25,26). The zero-order valence-electron chi connectivity index (χ0n) is 14.2. The van der Waals surface area contributed by atoms with E-state index in [0.717, 1.165) is 27.6 Å². The van der Waals surface area contributed by atoms with Crippen molar-refractivity contribution in [3.05, 3.63) is 82.9 Å². The average molecular weight is 383 g/mol. The Morgan fingerprint density at radius 3 is 2.81 bits per heavy atom. The van der Waals surface area contributed by atoms with Crippen molar-refractivity contribution >= 4 is 28.3 Å². The SMILES string of the molecule is Fc1ccc(COc2ccc3ccccc3c2CNc2ncn[nH]2)c(Cl)c1. The quantitative estimate of drug-likeness (QED) is 0.495. The molecule has 136 valence electrons. The smallest absolute Gasteiger partial charge is 0.218 e. The van der Waals surface area contributed by atoms with Crippen molar-refractivity contribution in [1.29, 1.82) is 0 Å². The van der Waals surface area contributed by atoms with E-state index in [0.29, 0.717) is 17.5 Å². The highest BCUT2D eigenvalue weighted by molar-refractivity contribution is 6.31. The summed E-state index contributed by atoms with van der Waals surface area (Å²) in [4.78, 5) is 4.08. The fourth-order valence-corrected chi connectivity index (χ4v) is 3.11. The van der Waals surface area contributed by atoms with Gasteiger partial charge in [-0.05, 0) is 29.0 Å². The third-order valence-electron chi connectivity index (χ3n) is 4.24. The number of ether oxygens (including phenoxy) is 1. The number of halogens is 2. The van der Waals surface area contributed by atoms with Crippen LogP contribution in [0.1, 0.15) is 11.1 Å². The number of anilines is 1. The maximum Gasteiger partial charge on any atom is 0.218 e. The fourth-order valence-electron chi connectivity index (χ4n) is 2.89. The Labute approximate surface area is 160 Å². The molecule has 0 atom stereocenters. The average Bonchev–Trinajstić information content (AvgIpc) is 3.19. The van der Waals surface area contributed by atoms with Crippen LogP contribution in [0.2, 0.25) is 5.02 Å². The summed E-state index contributed by atoms with van der Waals surface area (Å²) in [6.45, 7) is 0.746. The monoisotopic (exact) mass is 382 g/mol. The first kappa shape index (κ1) is 17.3. The molecule has 1 aromatic heterocycles. The van der Waals surface area contributed by atoms with Crippen molar-refractivity contribution in [2.75, 3.05) is 5.32 Å². The molecule has 0 spiro atoms. The summed E-state index contributed by atoms with van der Waals surface area (Å²) in [6.07, 6.45) is 1.44. The third-order valence-corrected chi connectivity index (χ3v) is 4.60. The van der Waals surface area contributed by atoms with Gasteiger partial charge in [0.15, 0.2) is 0 Å². The number of hydrogen-bond donors (Lipinski definition) is 2. The number of aromatic amines is 1. The van der Waals surface area contributed by atoms with E-state index < -0.39 is 0 Å². The molecule has 7 heteroatoms. The number of rotatable bonds is 6. The second-order valence-corrected chi connectivity index (χ2v) is 6.38. The molecule has 3 aromatic carbocycles. The topological polar surface area (TPSA) is 62.8 Å². The predicted molar refractivity (Wildman–Crippen MR) is 103 cm³/mol. The van der Waals surface area contributed by atoms with Crippen molar-refractivity contribution < 1.29 is 9.13 Å². The van der Waals surface area contributed by atoms with Gasteiger partial charge in [0.1, 0.15) is 24.5 Å². The molecule has 0 fully saturated rings. The Balaban J connectivity index is 1.63. The predicted octanol–water partition coefficient (Wildman–Crippen LogP) is 4.94. The van der Waals surface area contributed by atoms with Crippen LogP contribution in [0.3, 0.4) is 0 Å². The summed E-state index contributed by atoms with van der Waals surface area (Å²) in [5.41, 5.74) is 1.71. The molecule has 0 bridgehead atoms. The summed E-state index contributed by atoms with van der Waals surface area (Å²) >= 11 is 6.11. The Morgan fingerprint density at radius 2 is 2.00 bits per heavy atom. The molecule has 0 aliphatic rings. The van der Waals surface area contributed by atoms with Crippen LogP contribution in [0.15, 0.2) is 60.9 Å². The van der Waals surface area contributed by atoms with Crippen LogP contribution in [-0.4, -0.2) is 15.2 Å². The van der Waals surface area contributed by atoms with Crippen molar-refractivity contribution in [3.63, 3.8) is 0 Å². The van der Waals surface area contributed by atoms with Gasteiger partial charge in [0.05, 0.1) is 5.02 Å². The number of H-pyrrole nitrogens is 1. The van der Waals surface area contributed by atoms with E-state index in [4.69, 9.17) is 16.3 Å². The van der Waals surface area contributed by atoms with E-state index in [2.05, 4.69) is 20.5 Å². The zero-order valence-corrected chi connectivity index (χ0v) is 15.0. The van der Waals surface area contributed by atoms with Crippen LogP contribution in [0.4, 0.5) is 10.3 Å². The molecule has 0 unspecified atom stereocenters.